The second kappa shape index (κ2) is 9.64. The van der Waals surface area contributed by atoms with Crippen LogP contribution < -0.4 is 4.74 Å². The molecule has 0 bridgehead atoms. The first-order valence-electron chi connectivity index (χ1n) is 11.7. The Hall–Kier alpha value is -3.70. The van der Waals surface area contributed by atoms with Gasteiger partial charge in [0.15, 0.2) is 0 Å². The number of aromatic nitrogens is 5. The van der Waals surface area contributed by atoms with Crippen LogP contribution >= 0.6 is 11.6 Å². The van der Waals surface area contributed by atoms with Gasteiger partial charge in [-0.1, -0.05) is 11.6 Å². The maximum Gasteiger partial charge on any atom is 0.410 e. The average molecular weight is 529 g/mol. The van der Waals surface area contributed by atoms with Crippen molar-refractivity contribution in [2.24, 2.45) is 0 Å². The Morgan fingerprint density at radius 3 is 2.78 bits per heavy atom. The lowest BCUT2D eigenvalue weighted by Gasteiger charge is -2.30. The number of hydrogen-bond donors (Lipinski definition) is 1. The van der Waals surface area contributed by atoms with Gasteiger partial charge in [0, 0.05) is 18.3 Å². The number of amides is 1. The fourth-order valence-corrected chi connectivity index (χ4v) is 4.25. The second-order valence-corrected chi connectivity index (χ2v) is 10.2. The van der Waals surface area contributed by atoms with E-state index in [9.17, 15) is 14.3 Å². The number of aliphatic hydroxyl groups is 1. The number of nitrogens with zero attached hydrogens (tertiary/aromatic N) is 6. The van der Waals surface area contributed by atoms with Gasteiger partial charge in [0.2, 0.25) is 0 Å². The Labute approximate surface area is 217 Å². The number of aliphatic hydroxyl groups excluding tert-OH is 1. The molecule has 1 atom stereocenters. The van der Waals surface area contributed by atoms with E-state index in [0.717, 1.165) is 11.9 Å². The van der Waals surface area contributed by atoms with E-state index in [-0.39, 0.29) is 18.4 Å². The Morgan fingerprint density at radius 2 is 2.05 bits per heavy atom. The Kier molecular flexibility index (Phi) is 6.50. The van der Waals surface area contributed by atoms with Gasteiger partial charge in [-0.3, -0.25) is 9.67 Å². The van der Waals surface area contributed by atoms with E-state index in [1.54, 1.807) is 21.7 Å². The lowest BCUT2D eigenvalue weighted by atomic mass is 10.1. The molecule has 10 nitrogen and oxygen atoms in total. The topological polar surface area (TPSA) is 107 Å². The van der Waals surface area contributed by atoms with Gasteiger partial charge in [-0.15, -0.1) is 0 Å². The molecule has 0 saturated carbocycles. The molecule has 1 amide bonds. The van der Waals surface area contributed by atoms with E-state index in [4.69, 9.17) is 26.2 Å². The number of ether oxygens (including phenoxy) is 2. The van der Waals surface area contributed by atoms with E-state index in [2.05, 4.69) is 10.1 Å². The van der Waals surface area contributed by atoms with Gasteiger partial charge in [-0.25, -0.2) is 13.7 Å². The standard InChI is InChI=1S/C25H26ClFN6O4/c1-25(2,3)37-24(35)31-6-7-32-17(13-31)9-20(30-32)15-8-22(23-18(26)11-29-33(23)12-15)36-14-21(34)19-5-4-16(27)10-28-19/h4-5,8-12,21,34H,6-7,13-14H2,1-3H3. The van der Waals surface area contributed by atoms with Crippen LogP contribution in [0.1, 0.15) is 38.3 Å². The van der Waals surface area contributed by atoms with Crippen molar-refractivity contribution in [1.29, 1.82) is 0 Å². The van der Waals surface area contributed by atoms with Crippen molar-refractivity contribution >= 4 is 23.2 Å². The lowest BCUT2D eigenvalue weighted by Crippen LogP contribution is -2.41. The molecule has 0 radical (unpaired) electrons. The number of carbonyl (C=O) groups excluding carboxylic acids is 1. The molecule has 4 aromatic heterocycles. The summed E-state index contributed by atoms with van der Waals surface area (Å²) >= 11 is 6.35. The van der Waals surface area contributed by atoms with Crippen LogP contribution in [0.15, 0.2) is 42.9 Å². The molecule has 5 rings (SSSR count). The third-order valence-corrected chi connectivity index (χ3v) is 6.04. The van der Waals surface area contributed by atoms with Crippen molar-refractivity contribution in [2.75, 3.05) is 13.2 Å². The Morgan fingerprint density at radius 1 is 1.24 bits per heavy atom. The molecule has 12 heteroatoms. The van der Waals surface area contributed by atoms with Gasteiger partial charge in [0.25, 0.3) is 0 Å². The van der Waals surface area contributed by atoms with Crippen LogP contribution in [0.25, 0.3) is 16.8 Å². The minimum atomic E-state index is -1.08. The SMILES string of the molecule is CC(C)(C)OC(=O)N1CCn2nc(-c3cc(OCC(O)c4ccc(F)cn4)c4c(Cl)cnn4c3)cc2C1. The highest BCUT2D eigenvalue weighted by molar-refractivity contribution is 6.34. The maximum atomic E-state index is 13.2. The highest BCUT2D eigenvalue weighted by Gasteiger charge is 2.27. The summed E-state index contributed by atoms with van der Waals surface area (Å²) in [5, 5.41) is 19.9. The molecule has 1 aliphatic rings. The van der Waals surface area contributed by atoms with Crippen LogP contribution in [0, 0.1) is 5.82 Å². The van der Waals surface area contributed by atoms with Gasteiger partial charge in [0.05, 0.1) is 47.6 Å². The summed E-state index contributed by atoms with van der Waals surface area (Å²) < 4.78 is 28.1. The first-order chi connectivity index (χ1) is 17.6. The van der Waals surface area contributed by atoms with Crippen LogP contribution in [0.3, 0.4) is 0 Å². The first-order valence-corrected chi connectivity index (χ1v) is 12.1. The quantitative estimate of drug-likeness (QED) is 0.412. The minimum Gasteiger partial charge on any atom is -0.488 e. The van der Waals surface area contributed by atoms with E-state index < -0.39 is 17.5 Å². The Bertz CT molecular complexity index is 1450. The van der Waals surface area contributed by atoms with Gasteiger partial charge < -0.3 is 19.5 Å². The predicted octanol–water partition coefficient (Wildman–Crippen LogP) is 4.25. The highest BCUT2D eigenvalue weighted by Crippen LogP contribution is 2.33. The van der Waals surface area contributed by atoms with Crippen LogP contribution in [-0.4, -0.2) is 59.2 Å². The fraction of sp³-hybridized carbons (Fsp3) is 0.360. The lowest BCUT2D eigenvalue weighted by molar-refractivity contribution is 0.0194. The normalized spacial score (nSPS) is 14.5. The van der Waals surface area contributed by atoms with Crippen molar-refractivity contribution in [3.8, 4) is 17.0 Å². The summed E-state index contributed by atoms with van der Waals surface area (Å²) in [6.45, 7) is 6.77. The number of fused-ring (bicyclic) bond motifs is 2. The smallest absolute Gasteiger partial charge is 0.410 e. The van der Waals surface area contributed by atoms with Gasteiger partial charge in [-0.05, 0) is 45.0 Å². The molecule has 0 fully saturated rings. The molecular formula is C25H26ClFN6O4. The van der Waals surface area contributed by atoms with Crippen molar-refractivity contribution in [2.45, 2.75) is 45.6 Å². The predicted molar refractivity (Wildman–Crippen MR) is 133 cm³/mol. The molecule has 0 aliphatic carbocycles. The van der Waals surface area contributed by atoms with E-state index in [1.165, 1.54) is 18.3 Å². The molecule has 1 N–H and O–H groups in total. The summed E-state index contributed by atoms with van der Waals surface area (Å²) in [4.78, 5) is 18.1. The maximum absolute atomic E-state index is 13.2. The molecule has 5 heterocycles. The number of halogens is 2. The number of carbonyl (C=O) groups is 1. The third-order valence-electron chi connectivity index (χ3n) is 5.77. The number of hydrogen-bond acceptors (Lipinski definition) is 7. The largest absolute Gasteiger partial charge is 0.488 e. The van der Waals surface area contributed by atoms with Gasteiger partial charge >= 0.3 is 6.09 Å². The minimum absolute atomic E-state index is 0.135. The zero-order valence-electron chi connectivity index (χ0n) is 20.6. The zero-order chi connectivity index (χ0) is 26.3. The van der Waals surface area contributed by atoms with Crippen LogP contribution in [0.5, 0.6) is 5.75 Å². The third kappa shape index (κ3) is 5.37. The van der Waals surface area contributed by atoms with Gasteiger partial charge in [-0.2, -0.15) is 10.2 Å². The van der Waals surface area contributed by atoms with E-state index in [0.29, 0.717) is 47.2 Å². The summed E-state index contributed by atoms with van der Waals surface area (Å²) in [5.41, 5.74) is 2.49. The molecule has 1 aliphatic heterocycles. The summed E-state index contributed by atoms with van der Waals surface area (Å²) in [7, 11) is 0. The van der Waals surface area contributed by atoms with Crippen molar-refractivity contribution in [1.82, 2.24) is 29.3 Å². The van der Waals surface area contributed by atoms with E-state index >= 15 is 0 Å². The second-order valence-electron chi connectivity index (χ2n) is 9.75. The molecule has 0 saturated heterocycles. The zero-order valence-corrected chi connectivity index (χ0v) is 21.3. The monoisotopic (exact) mass is 528 g/mol. The molecular weight excluding hydrogens is 503 g/mol. The van der Waals surface area contributed by atoms with Crippen LogP contribution in [0.4, 0.5) is 9.18 Å². The average Bonchev–Trinajstić information content (AvgIpc) is 3.45. The van der Waals surface area contributed by atoms with Gasteiger partial charge in [0.1, 0.15) is 35.4 Å². The molecule has 37 heavy (non-hydrogen) atoms. The van der Waals surface area contributed by atoms with Crippen LogP contribution in [-0.2, 0) is 17.8 Å². The highest BCUT2D eigenvalue weighted by atomic mass is 35.5. The number of pyridine rings is 2. The summed E-state index contributed by atoms with van der Waals surface area (Å²) in [6, 6.07) is 6.30. The molecule has 1 unspecified atom stereocenters. The van der Waals surface area contributed by atoms with E-state index in [1.807, 2.05) is 31.5 Å². The van der Waals surface area contributed by atoms with Crippen molar-refractivity contribution in [3.05, 3.63) is 65.1 Å². The van der Waals surface area contributed by atoms with Crippen molar-refractivity contribution in [3.63, 3.8) is 0 Å². The molecule has 0 aromatic carbocycles. The van der Waals surface area contributed by atoms with Crippen molar-refractivity contribution < 1.29 is 23.8 Å². The summed E-state index contributed by atoms with van der Waals surface area (Å²) in [6.07, 6.45) is 2.88. The van der Waals surface area contributed by atoms with Crippen LogP contribution in [0.2, 0.25) is 5.02 Å². The summed E-state index contributed by atoms with van der Waals surface area (Å²) in [5.74, 6) is -0.100. The fourth-order valence-electron chi connectivity index (χ4n) is 4.03. The molecule has 0 spiro atoms. The molecule has 194 valence electrons. The molecule has 4 aromatic rings. The number of rotatable bonds is 5. The first kappa shape index (κ1) is 25.0. The Balaban J connectivity index is 1.39.